The highest BCUT2D eigenvalue weighted by molar-refractivity contribution is 5.81. The van der Waals surface area contributed by atoms with Crippen LogP contribution < -0.4 is 0 Å². The Morgan fingerprint density at radius 2 is 1.55 bits per heavy atom. The lowest BCUT2D eigenvalue weighted by molar-refractivity contribution is -0.134. The monoisotopic (exact) mass is 296 g/mol. The first-order valence-electron chi connectivity index (χ1n) is 8.30. The fraction of sp³-hybridized carbons (Fsp3) is 0.421. The van der Waals surface area contributed by atoms with Gasteiger partial charge in [-0.25, -0.2) is 0 Å². The van der Waals surface area contributed by atoms with Gasteiger partial charge in [-0.05, 0) is 30.5 Å². The van der Waals surface area contributed by atoms with Gasteiger partial charge >= 0.3 is 0 Å². The van der Waals surface area contributed by atoms with Gasteiger partial charge in [-0.15, -0.1) is 0 Å². The molecular weight excluding hydrogens is 272 g/mol. The van der Waals surface area contributed by atoms with Gasteiger partial charge in [0.1, 0.15) is 6.04 Å². The zero-order valence-corrected chi connectivity index (χ0v) is 13.0. The van der Waals surface area contributed by atoms with Crippen molar-refractivity contribution in [1.29, 1.82) is 0 Å². The molecule has 3 heteroatoms. The molecular formula is C19H24N2O. The molecule has 1 aromatic heterocycles. The summed E-state index contributed by atoms with van der Waals surface area (Å²) in [6.45, 7) is 1.82. The molecule has 0 radical (unpaired) electrons. The Morgan fingerprint density at radius 1 is 0.909 bits per heavy atom. The quantitative estimate of drug-likeness (QED) is 0.845. The molecule has 1 aliphatic rings. The van der Waals surface area contributed by atoms with Crippen LogP contribution in [0.2, 0.25) is 0 Å². The third-order valence-electron chi connectivity index (χ3n) is 4.46. The zero-order valence-electron chi connectivity index (χ0n) is 13.0. The summed E-state index contributed by atoms with van der Waals surface area (Å²) in [5.41, 5.74) is 1.21. The van der Waals surface area contributed by atoms with Crippen LogP contribution in [0, 0.1) is 0 Å². The number of carbonyl (C=O) groups is 1. The molecule has 3 nitrogen and oxygen atoms in total. The Hall–Kier alpha value is -2.03. The Balaban J connectivity index is 1.80. The van der Waals surface area contributed by atoms with Crippen molar-refractivity contribution in [3.05, 3.63) is 60.4 Å². The van der Waals surface area contributed by atoms with Crippen molar-refractivity contribution in [3.8, 4) is 0 Å². The minimum absolute atomic E-state index is 0.129. The van der Waals surface area contributed by atoms with Crippen molar-refractivity contribution >= 4 is 5.91 Å². The van der Waals surface area contributed by atoms with Gasteiger partial charge in [0.15, 0.2) is 0 Å². The molecule has 3 rings (SSSR count). The standard InChI is InChI=1S/C19H24N2O/c22-19(21-14-6-1-2-7-15-21)18(20-12-8-9-13-20)16-17-10-4-3-5-11-17/h3-5,8-13,18H,1-2,6-7,14-16H2/t18-/m1/s1. The predicted molar refractivity (Wildman–Crippen MR) is 88.7 cm³/mol. The highest BCUT2D eigenvalue weighted by Gasteiger charge is 2.26. The molecule has 0 aliphatic carbocycles. The summed E-state index contributed by atoms with van der Waals surface area (Å²) in [6.07, 6.45) is 9.52. The maximum absolute atomic E-state index is 13.1. The van der Waals surface area contributed by atoms with Crippen LogP contribution in [0.25, 0.3) is 0 Å². The molecule has 1 fully saturated rings. The molecule has 0 spiro atoms. The normalized spacial score (nSPS) is 17.0. The topological polar surface area (TPSA) is 25.2 Å². The minimum Gasteiger partial charge on any atom is -0.342 e. The van der Waals surface area contributed by atoms with E-state index in [1.54, 1.807) is 0 Å². The maximum Gasteiger partial charge on any atom is 0.245 e. The van der Waals surface area contributed by atoms with E-state index in [1.807, 2.05) is 42.7 Å². The average molecular weight is 296 g/mol. The lowest BCUT2D eigenvalue weighted by Crippen LogP contribution is -2.38. The molecule has 1 aliphatic heterocycles. The van der Waals surface area contributed by atoms with Crippen molar-refractivity contribution < 1.29 is 4.79 Å². The second kappa shape index (κ2) is 7.30. The van der Waals surface area contributed by atoms with Crippen LogP contribution in [0.5, 0.6) is 0 Å². The number of likely N-dealkylation sites (tertiary alicyclic amines) is 1. The van der Waals surface area contributed by atoms with Crippen LogP contribution in [0.1, 0.15) is 37.3 Å². The fourth-order valence-corrected chi connectivity index (χ4v) is 3.22. The van der Waals surface area contributed by atoms with E-state index >= 15 is 0 Å². The molecule has 1 atom stereocenters. The van der Waals surface area contributed by atoms with Gasteiger partial charge in [-0.2, -0.15) is 0 Å². The van der Waals surface area contributed by atoms with Gasteiger partial charge in [0.25, 0.3) is 0 Å². The molecule has 2 heterocycles. The summed E-state index contributed by atoms with van der Waals surface area (Å²) < 4.78 is 2.06. The Kier molecular flexibility index (Phi) is 4.94. The predicted octanol–water partition coefficient (Wildman–Crippen LogP) is 3.67. The average Bonchev–Trinajstić information content (AvgIpc) is 2.95. The first kappa shape index (κ1) is 14.9. The zero-order chi connectivity index (χ0) is 15.2. The number of hydrogen-bond donors (Lipinski definition) is 0. The number of aromatic nitrogens is 1. The van der Waals surface area contributed by atoms with Crippen LogP contribution in [0.4, 0.5) is 0 Å². The Morgan fingerprint density at radius 3 is 2.18 bits per heavy atom. The number of hydrogen-bond acceptors (Lipinski definition) is 1. The molecule has 22 heavy (non-hydrogen) atoms. The van der Waals surface area contributed by atoms with Crippen molar-refractivity contribution in [3.63, 3.8) is 0 Å². The smallest absolute Gasteiger partial charge is 0.245 e. The van der Waals surface area contributed by atoms with Gasteiger partial charge < -0.3 is 9.47 Å². The van der Waals surface area contributed by atoms with Gasteiger partial charge in [0.05, 0.1) is 0 Å². The molecule has 0 saturated carbocycles. The largest absolute Gasteiger partial charge is 0.342 e. The van der Waals surface area contributed by atoms with E-state index in [-0.39, 0.29) is 11.9 Å². The summed E-state index contributed by atoms with van der Waals surface area (Å²) >= 11 is 0. The van der Waals surface area contributed by atoms with Crippen LogP contribution in [0.15, 0.2) is 54.9 Å². The van der Waals surface area contributed by atoms with Crippen LogP contribution >= 0.6 is 0 Å². The van der Waals surface area contributed by atoms with Crippen molar-refractivity contribution in [1.82, 2.24) is 9.47 Å². The number of rotatable bonds is 4. The first-order valence-corrected chi connectivity index (χ1v) is 8.30. The summed E-state index contributed by atoms with van der Waals surface area (Å²) in [6, 6.07) is 14.2. The summed E-state index contributed by atoms with van der Waals surface area (Å²) in [5, 5.41) is 0. The fourth-order valence-electron chi connectivity index (χ4n) is 3.22. The van der Waals surface area contributed by atoms with Crippen LogP contribution in [-0.2, 0) is 11.2 Å². The number of benzene rings is 1. The molecule has 1 amide bonds. The highest BCUT2D eigenvalue weighted by atomic mass is 16.2. The van der Waals surface area contributed by atoms with Gasteiger partial charge in [0, 0.05) is 31.9 Å². The van der Waals surface area contributed by atoms with Crippen LogP contribution in [0.3, 0.4) is 0 Å². The number of amides is 1. The number of carbonyl (C=O) groups excluding carboxylic acids is 1. The van der Waals surface area contributed by atoms with E-state index in [2.05, 4.69) is 21.6 Å². The van der Waals surface area contributed by atoms with Crippen molar-refractivity contribution in [2.75, 3.05) is 13.1 Å². The maximum atomic E-state index is 13.1. The van der Waals surface area contributed by atoms with Gasteiger partial charge in [0.2, 0.25) is 5.91 Å². The van der Waals surface area contributed by atoms with Crippen molar-refractivity contribution in [2.24, 2.45) is 0 Å². The summed E-state index contributed by atoms with van der Waals surface area (Å²) in [5.74, 6) is 0.266. The molecule has 116 valence electrons. The molecule has 0 unspecified atom stereocenters. The SMILES string of the molecule is O=C([C@@H](Cc1ccccc1)n1cccc1)N1CCCCCC1. The summed E-state index contributed by atoms with van der Waals surface area (Å²) in [4.78, 5) is 15.1. The highest BCUT2D eigenvalue weighted by Crippen LogP contribution is 2.20. The third kappa shape index (κ3) is 3.59. The van der Waals surface area contributed by atoms with Crippen molar-refractivity contribution in [2.45, 2.75) is 38.1 Å². The molecule has 1 saturated heterocycles. The van der Waals surface area contributed by atoms with Gasteiger partial charge in [-0.1, -0.05) is 43.2 Å². The number of nitrogens with zero attached hydrogens (tertiary/aromatic N) is 2. The van der Waals surface area contributed by atoms with E-state index < -0.39 is 0 Å². The lowest BCUT2D eigenvalue weighted by Gasteiger charge is -2.27. The van der Waals surface area contributed by atoms with E-state index in [4.69, 9.17) is 0 Å². The summed E-state index contributed by atoms with van der Waals surface area (Å²) in [7, 11) is 0. The molecule has 2 aromatic rings. The molecule has 1 aromatic carbocycles. The lowest BCUT2D eigenvalue weighted by atomic mass is 10.0. The van der Waals surface area contributed by atoms with Crippen LogP contribution in [-0.4, -0.2) is 28.5 Å². The third-order valence-corrected chi connectivity index (χ3v) is 4.46. The molecule has 0 bridgehead atoms. The molecule has 0 N–H and O–H groups in total. The first-order chi connectivity index (χ1) is 10.8. The second-order valence-corrected chi connectivity index (χ2v) is 6.08. The van der Waals surface area contributed by atoms with Gasteiger partial charge in [-0.3, -0.25) is 4.79 Å². The Bertz CT molecular complexity index is 569. The van der Waals surface area contributed by atoms with E-state index in [1.165, 1.54) is 18.4 Å². The van der Waals surface area contributed by atoms with E-state index in [0.29, 0.717) is 0 Å². The van der Waals surface area contributed by atoms with E-state index in [9.17, 15) is 4.79 Å². The Labute approximate surface area is 132 Å². The minimum atomic E-state index is -0.129. The second-order valence-electron chi connectivity index (χ2n) is 6.08. The van der Waals surface area contributed by atoms with E-state index in [0.717, 1.165) is 32.4 Å².